The average Bonchev–Trinajstić information content (AvgIpc) is 3.39. The van der Waals surface area contributed by atoms with Gasteiger partial charge in [0.15, 0.2) is 0 Å². The quantitative estimate of drug-likeness (QED) is 0.455. The molecule has 2 aromatic carbocycles. The molecule has 0 radical (unpaired) electrons. The molecule has 4 rings (SSSR count). The predicted octanol–water partition coefficient (Wildman–Crippen LogP) is 5.59. The SMILES string of the molecule is C[C@H](c1ccc(C(=O)NCCC(=O)O)cc1)N1C(=O)C(c2cccc(Br)c2)=NC12CCC(C(C)(C)C)C2. The number of carbonyl (C=O) groups excluding carboxylic acids is 2. The topological polar surface area (TPSA) is 99.1 Å². The van der Waals surface area contributed by atoms with Gasteiger partial charge >= 0.3 is 5.97 Å². The first kappa shape index (κ1) is 27.0. The third kappa shape index (κ3) is 5.64. The lowest BCUT2D eigenvalue weighted by atomic mass is 9.79. The van der Waals surface area contributed by atoms with Crippen LogP contribution in [-0.2, 0) is 9.59 Å². The number of benzene rings is 2. The minimum absolute atomic E-state index is 0.0712. The van der Waals surface area contributed by atoms with Crippen molar-refractivity contribution in [2.45, 2.75) is 65.1 Å². The van der Waals surface area contributed by atoms with E-state index in [1.54, 1.807) is 12.1 Å². The highest BCUT2D eigenvalue weighted by molar-refractivity contribution is 9.10. The lowest BCUT2D eigenvalue weighted by Crippen LogP contribution is -2.47. The van der Waals surface area contributed by atoms with Gasteiger partial charge in [-0.2, -0.15) is 0 Å². The number of hydrogen-bond acceptors (Lipinski definition) is 4. The highest BCUT2D eigenvalue weighted by Gasteiger charge is 2.54. The lowest BCUT2D eigenvalue weighted by molar-refractivity contribution is -0.136. The molecule has 1 heterocycles. The maximum Gasteiger partial charge on any atom is 0.305 e. The first-order valence-corrected chi connectivity index (χ1v) is 13.5. The van der Waals surface area contributed by atoms with Crippen molar-refractivity contribution < 1.29 is 19.5 Å². The summed E-state index contributed by atoms with van der Waals surface area (Å²) in [6.07, 6.45) is 2.50. The molecule has 2 N–H and O–H groups in total. The second-order valence-electron chi connectivity index (χ2n) is 11.1. The van der Waals surface area contributed by atoms with E-state index in [4.69, 9.17) is 10.1 Å². The molecule has 2 amide bonds. The monoisotopic (exact) mass is 567 g/mol. The number of hydrogen-bond donors (Lipinski definition) is 2. The first-order chi connectivity index (χ1) is 17.4. The van der Waals surface area contributed by atoms with Gasteiger partial charge in [0.25, 0.3) is 11.8 Å². The number of aliphatic imine (C=N–C) groups is 1. The van der Waals surface area contributed by atoms with E-state index in [9.17, 15) is 14.4 Å². The summed E-state index contributed by atoms with van der Waals surface area (Å²) in [5, 5.41) is 11.4. The second kappa shape index (κ2) is 10.4. The van der Waals surface area contributed by atoms with Gasteiger partial charge < -0.3 is 15.3 Å². The lowest BCUT2D eigenvalue weighted by Gasteiger charge is -2.39. The van der Waals surface area contributed by atoms with Crippen molar-refractivity contribution in [3.05, 3.63) is 69.7 Å². The summed E-state index contributed by atoms with van der Waals surface area (Å²) < 4.78 is 0.900. The average molecular weight is 569 g/mol. The number of rotatable bonds is 7. The van der Waals surface area contributed by atoms with Gasteiger partial charge in [-0.05, 0) is 67.3 Å². The van der Waals surface area contributed by atoms with E-state index in [-0.39, 0.29) is 36.2 Å². The Balaban J connectivity index is 1.62. The smallest absolute Gasteiger partial charge is 0.305 e. The van der Waals surface area contributed by atoms with E-state index in [1.165, 1.54) is 0 Å². The molecule has 3 atom stereocenters. The maximum atomic E-state index is 14.0. The van der Waals surface area contributed by atoms with Crippen LogP contribution in [0, 0.1) is 11.3 Å². The van der Waals surface area contributed by atoms with Crippen molar-refractivity contribution in [2.75, 3.05) is 6.54 Å². The third-order valence-electron chi connectivity index (χ3n) is 7.65. The van der Waals surface area contributed by atoms with Crippen molar-refractivity contribution in [1.29, 1.82) is 0 Å². The van der Waals surface area contributed by atoms with E-state index in [0.717, 1.165) is 34.9 Å². The van der Waals surface area contributed by atoms with Gasteiger partial charge in [0.2, 0.25) is 0 Å². The third-order valence-corrected chi connectivity index (χ3v) is 8.14. The molecule has 1 spiro atoms. The number of carboxylic acid groups (broad SMARTS) is 1. The molecule has 1 aliphatic carbocycles. The molecule has 7 nitrogen and oxygen atoms in total. The van der Waals surface area contributed by atoms with Gasteiger partial charge in [-0.15, -0.1) is 0 Å². The Labute approximate surface area is 226 Å². The second-order valence-corrected chi connectivity index (χ2v) is 12.0. The van der Waals surface area contributed by atoms with E-state index < -0.39 is 11.6 Å². The van der Waals surface area contributed by atoms with E-state index >= 15 is 0 Å². The molecule has 2 unspecified atom stereocenters. The normalized spacial score (nSPS) is 22.3. The van der Waals surface area contributed by atoms with E-state index in [2.05, 4.69) is 42.0 Å². The summed E-state index contributed by atoms with van der Waals surface area (Å²) in [6, 6.07) is 14.6. The standard InChI is InChI=1S/C29H34BrN3O4/c1-18(19-8-10-20(11-9-19)26(36)31-15-13-24(34)35)33-27(37)25(21-6-5-7-23(30)16-21)32-29(33)14-12-22(17-29)28(2,3)4/h5-11,16,18,22H,12-15,17H2,1-4H3,(H,31,36)(H,34,35)/t18-,22?,29?/m1/s1. The Morgan fingerprint density at radius 3 is 2.51 bits per heavy atom. The molecule has 2 aromatic rings. The van der Waals surface area contributed by atoms with Crippen molar-refractivity contribution >= 4 is 39.4 Å². The van der Waals surface area contributed by atoms with Crippen molar-refractivity contribution in [3.63, 3.8) is 0 Å². The van der Waals surface area contributed by atoms with Gasteiger partial charge in [-0.25, -0.2) is 0 Å². The highest BCUT2D eigenvalue weighted by atomic mass is 79.9. The van der Waals surface area contributed by atoms with E-state index in [0.29, 0.717) is 17.2 Å². The van der Waals surface area contributed by atoms with Gasteiger partial charge in [0, 0.05) is 22.1 Å². The van der Waals surface area contributed by atoms with Crippen LogP contribution in [0.2, 0.25) is 0 Å². The maximum absolute atomic E-state index is 14.0. The number of nitrogens with one attached hydrogen (secondary N) is 1. The molecular weight excluding hydrogens is 534 g/mol. The van der Waals surface area contributed by atoms with Crippen LogP contribution in [0.3, 0.4) is 0 Å². The molecular formula is C29H34BrN3O4. The minimum atomic E-state index is -0.959. The Hall–Kier alpha value is -3.00. The van der Waals surface area contributed by atoms with Gasteiger partial charge in [-0.1, -0.05) is 61.0 Å². The van der Waals surface area contributed by atoms with Gasteiger partial charge in [-0.3, -0.25) is 19.4 Å². The molecule has 1 fully saturated rings. The number of nitrogens with zero attached hydrogens (tertiary/aromatic N) is 2. The van der Waals surface area contributed by atoms with E-state index in [1.807, 2.05) is 48.2 Å². The molecule has 1 saturated carbocycles. The zero-order valence-electron chi connectivity index (χ0n) is 21.8. The summed E-state index contributed by atoms with van der Waals surface area (Å²) in [7, 11) is 0. The van der Waals surface area contributed by atoms with Crippen LogP contribution < -0.4 is 5.32 Å². The molecule has 37 heavy (non-hydrogen) atoms. The number of aliphatic carboxylic acids is 1. The van der Waals surface area contributed by atoms with Crippen LogP contribution >= 0.6 is 15.9 Å². The minimum Gasteiger partial charge on any atom is -0.481 e. The van der Waals surface area contributed by atoms with Gasteiger partial charge in [0.1, 0.15) is 11.4 Å². The number of amides is 2. The Morgan fingerprint density at radius 2 is 1.92 bits per heavy atom. The van der Waals surface area contributed by atoms with Crippen LogP contribution in [0.15, 0.2) is 58.0 Å². The highest BCUT2D eigenvalue weighted by Crippen LogP contribution is 2.52. The zero-order chi connectivity index (χ0) is 27.0. The number of carbonyl (C=O) groups is 3. The fourth-order valence-electron chi connectivity index (χ4n) is 5.48. The molecule has 0 aromatic heterocycles. The van der Waals surface area contributed by atoms with Crippen LogP contribution in [0.1, 0.15) is 80.9 Å². The van der Waals surface area contributed by atoms with Crippen LogP contribution in [0.4, 0.5) is 0 Å². The molecule has 2 aliphatic rings. The van der Waals surface area contributed by atoms with Crippen LogP contribution in [0.5, 0.6) is 0 Å². The summed E-state index contributed by atoms with van der Waals surface area (Å²) in [5.74, 6) is -0.912. The summed E-state index contributed by atoms with van der Waals surface area (Å²) >= 11 is 3.52. The zero-order valence-corrected chi connectivity index (χ0v) is 23.3. The molecule has 8 heteroatoms. The Kier molecular flexibility index (Phi) is 7.60. The predicted molar refractivity (Wildman–Crippen MR) is 146 cm³/mol. The largest absolute Gasteiger partial charge is 0.481 e. The molecule has 0 saturated heterocycles. The molecule has 1 aliphatic heterocycles. The first-order valence-electron chi connectivity index (χ1n) is 12.7. The summed E-state index contributed by atoms with van der Waals surface area (Å²) in [5.41, 5.74) is 2.19. The van der Waals surface area contributed by atoms with Crippen molar-refractivity contribution in [2.24, 2.45) is 16.3 Å². The van der Waals surface area contributed by atoms with Crippen LogP contribution in [0.25, 0.3) is 0 Å². The van der Waals surface area contributed by atoms with Crippen LogP contribution in [-0.4, -0.2) is 45.7 Å². The number of carboxylic acids is 1. The summed E-state index contributed by atoms with van der Waals surface area (Å²) in [6.45, 7) is 8.84. The number of halogens is 1. The fraction of sp³-hybridized carbons (Fsp3) is 0.448. The molecule has 196 valence electrons. The van der Waals surface area contributed by atoms with Crippen molar-refractivity contribution in [3.8, 4) is 0 Å². The van der Waals surface area contributed by atoms with Gasteiger partial charge in [0.05, 0.1) is 12.5 Å². The molecule has 0 bridgehead atoms. The summed E-state index contributed by atoms with van der Waals surface area (Å²) in [4.78, 5) is 44.2. The van der Waals surface area contributed by atoms with Crippen molar-refractivity contribution in [1.82, 2.24) is 10.2 Å². The Bertz CT molecular complexity index is 1230. The Morgan fingerprint density at radius 1 is 1.22 bits per heavy atom. The fourth-order valence-corrected chi connectivity index (χ4v) is 5.88.